The fraction of sp³-hybridized carbons (Fsp3) is 0.467. The van der Waals surface area contributed by atoms with Crippen molar-refractivity contribution in [3.05, 3.63) is 27.8 Å². The lowest BCUT2D eigenvalue weighted by molar-refractivity contribution is -0.385. The molecule has 1 aromatic carbocycles. The van der Waals surface area contributed by atoms with Crippen LogP contribution in [0.15, 0.2) is 12.1 Å². The Balaban J connectivity index is 1.66. The summed E-state index contributed by atoms with van der Waals surface area (Å²) in [5.74, 6) is -0.958. The number of nitro groups is 1. The molecule has 128 valence electrons. The summed E-state index contributed by atoms with van der Waals surface area (Å²) in [7, 11) is 0. The summed E-state index contributed by atoms with van der Waals surface area (Å²) in [6.45, 7) is -0.560. The van der Waals surface area contributed by atoms with Crippen LogP contribution < -0.4 is 14.8 Å². The number of hydrogen-bond acceptors (Lipinski definition) is 7. The molecule has 0 atom stereocenters. The Kier molecular flexibility index (Phi) is 4.50. The van der Waals surface area contributed by atoms with Crippen molar-refractivity contribution in [1.29, 1.82) is 0 Å². The van der Waals surface area contributed by atoms with Gasteiger partial charge in [0.15, 0.2) is 18.1 Å². The van der Waals surface area contributed by atoms with Crippen LogP contribution >= 0.6 is 0 Å². The zero-order valence-corrected chi connectivity index (χ0v) is 12.8. The van der Waals surface area contributed by atoms with Gasteiger partial charge in [-0.25, -0.2) is 4.79 Å². The van der Waals surface area contributed by atoms with Crippen molar-refractivity contribution in [3.8, 4) is 11.5 Å². The van der Waals surface area contributed by atoms with Crippen LogP contribution in [0.4, 0.5) is 5.69 Å². The lowest BCUT2D eigenvalue weighted by Gasteiger charge is -2.12. The average Bonchev–Trinajstić information content (AvgIpc) is 3.21. The molecule has 9 heteroatoms. The molecule has 1 heterocycles. The van der Waals surface area contributed by atoms with Crippen LogP contribution in [0.3, 0.4) is 0 Å². The van der Waals surface area contributed by atoms with Gasteiger partial charge in [-0.1, -0.05) is 12.8 Å². The van der Waals surface area contributed by atoms with Gasteiger partial charge in [-0.05, 0) is 12.8 Å². The summed E-state index contributed by atoms with van der Waals surface area (Å²) in [5, 5.41) is 13.9. The number of amides is 1. The number of ether oxygens (including phenoxy) is 3. The van der Waals surface area contributed by atoms with Crippen molar-refractivity contribution in [2.75, 3.05) is 13.4 Å². The smallest absolute Gasteiger partial charge is 0.345 e. The summed E-state index contributed by atoms with van der Waals surface area (Å²) < 4.78 is 15.1. The van der Waals surface area contributed by atoms with Crippen LogP contribution in [0.1, 0.15) is 36.0 Å². The third kappa shape index (κ3) is 3.39. The Morgan fingerprint density at radius 1 is 1.25 bits per heavy atom. The number of nitrogens with one attached hydrogen (secondary N) is 1. The van der Waals surface area contributed by atoms with Crippen molar-refractivity contribution >= 4 is 17.6 Å². The normalized spacial score (nSPS) is 16.0. The Bertz CT molecular complexity index is 683. The topological polar surface area (TPSA) is 117 Å². The largest absolute Gasteiger partial charge is 0.454 e. The molecule has 1 amide bonds. The molecular formula is C15H16N2O7. The van der Waals surface area contributed by atoms with Crippen LogP contribution in [0.25, 0.3) is 0 Å². The molecule has 0 unspecified atom stereocenters. The quantitative estimate of drug-likeness (QED) is 0.492. The van der Waals surface area contributed by atoms with E-state index in [9.17, 15) is 19.7 Å². The highest BCUT2D eigenvalue weighted by Gasteiger charge is 2.28. The summed E-state index contributed by atoms with van der Waals surface area (Å²) in [4.78, 5) is 34.3. The highest BCUT2D eigenvalue weighted by molar-refractivity contribution is 5.96. The van der Waals surface area contributed by atoms with Gasteiger partial charge < -0.3 is 19.5 Å². The maximum Gasteiger partial charge on any atom is 0.345 e. The first kappa shape index (κ1) is 16.0. The van der Waals surface area contributed by atoms with E-state index in [0.717, 1.165) is 31.7 Å². The zero-order valence-electron chi connectivity index (χ0n) is 12.8. The van der Waals surface area contributed by atoms with E-state index < -0.39 is 29.1 Å². The van der Waals surface area contributed by atoms with Crippen LogP contribution in [-0.4, -0.2) is 36.2 Å². The molecule has 0 aromatic heterocycles. The van der Waals surface area contributed by atoms with E-state index in [0.29, 0.717) is 0 Å². The number of rotatable bonds is 5. The second-order valence-electron chi connectivity index (χ2n) is 5.60. The highest BCUT2D eigenvalue weighted by atomic mass is 16.7. The number of carbonyl (C=O) groups is 2. The maximum atomic E-state index is 12.1. The molecule has 1 aliphatic carbocycles. The van der Waals surface area contributed by atoms with E-state index in [1.54, 1.807) is 0 Å². The van der Waals surface area contributed by atoms with E-state index in [-0.39, 0.29) is 29.9 Å². The van der Waals surface area contributed by atoms with E-state index >= 15 is 0 Å². The van der Waals surface area contributed by atoms with Gasteiger partial charge in [0.2, 0.25) is 6.79 Å². The number of nitrogens with zero attached hydrogens (tertiary/aromatic N) is 1. The fourth-order valence-corrected chi connectivity index (χ4v) is 2.79. The Hall–Kier alpha value is -2.84. The summed E-state index contributed by atoms with van der Waals surface area (Å²) >= 11 is 0. The van der Waals surface area contributed by atoms with Gasteiger partial charge in [0, 0.05) is 12.1 Å². The lowest BCUT2D eigenvalue weighted by atomic mass is 10.1. The molecule has 1 N–H and O–H groups in total. The Morgan fingerprint density at radius 2 is 1.92 bits per heavy atom. The molecule has 9 nitrogen and oxygen atoms in total. The van der Waals surface area contributed by atoms with E-state index in [1.807, 2.05) is 0 Å². The van der Waals surface area contributed by atoms with Gasteiger partial charge in [-0.2, -0.15) is 0 Å². The summed E-state index contributed by atoms with van der Waals surface area (Å²) in [6.07, 6.45) is 3.95. The van der Waals surface area contributed by atoms with Crippen LogP contribution in [0.2, 0.25) is 0 Å². The first-order valence-corrected chi connectivity index (χ1v) is 7.59. The van der Waals surface area contributed by atoms with Crippen LogP contribution in [0.5, 0.6) is 11.5 Å². The van der Waals surface area contributed by atoms with E-state index in [4.69, 9.17) is 14.2 Å². The van der Waals surface area contributed by atoms with Crippen molar-refractivity contribution < 1.29 is 28.7 Å². The van der Waals surface area contributed by atoms with E-state index in [2.05, 4.69) is 5.32 Å². The number of nitro benzene ring substituents is 1. The molecule has 1 aliphatic heterocycles. The number of hydrogen-bond donors (Lipinski definition) is 1. The minimum absolute atomic E-state index is 0.0746. The second-order valence-corrected chi connectivity index (χ2v) is 5.60. The molecule has 2 aliphatic rings. The third-order valence-electron chi connectivity index (χ3n) is 3.96. The molecule has 1 aromatic rings. The van der Waals surface area contributed by atoms with Crippen molar-refractivity contribution in [2.24, 2.45) is 0 Å². The molecule has 1 fully saturated rings. The molecule has 0 saturated heterocycles. The Morgan fingerprint density at radius 3 is 2.58 bits per heavy atom. The fourth-order valence-electron chi connectivity index (χ4n) is 2.79. The SMILES string of the molecule is O=C(COC(=O)c1cc2c(cc1[N+](=O)[O-])OCO2)NC1CCCC1. The maximum absolute atomic E-state index is 12.1. The van der Waals surface area contributed by atoms with Crippen LogP contribution in [-0.2, 0) is 9.53 Å². The number of benzene rings is 1. The summed E-state index contributed by atoms with van der Waals surface area (Å²) in [6, 6.07) is 2.41. The minimum Gasteiger partial charge on any atom is -0.454 e. The van der Waals surface area contributed by atoms with Gasteiger partial charge in [0.05, 0.1) is 11.0 Å². The first-order valence-electron chi connectivity index (χ1n) is 7.59. The average molecular weight is 336 g/mol. The zero-order chi connectivity index (χ0) is 17.1. The number of carbonyl (C=O) groups excluding carboxylic acids is 2. The predicted octanol–water partition coefficient (Wildman–Crippen LogP) is 1.54. The molecule has 1 saturated carbocycles. The predicted molar refractivity (Wildman–Crippen MR) is 79.9 cm³/mol. The van der Waals surface area contributed by atoms with Crippen molar-refractivity contribution in [2.45, 2.75) is 31.7 Å². The number of fused-ring (bicyclic) bond motifs is 1. The highest BCUT2D eigenvalue weighted by Crippen LogP contribution is 2.38. The van der Waals surface area contributed by atoms with Gasteiger partial charge >= 0.3 is 5.97 Å². The van der Waals surface area contributed by atoms with Gasteiger partial charge in [0.25, 0.3) is 11.6 Å². The van der Waals surface area contributed by atoms with Crippen molar-refractivity contribution in [3.63, 3.8) is 0 Å². The standard InChI is InChI=1S/C15H16N2O7/c18-14(16-9-3-1-2-4-9)7-22-15(19)10-5-12-13(24-8-23-12)6-11(10)17(20)21/h5-6,9H,1-4,7-8H2,(H,16,18). The molecule has 3 rings (SSSR count). The monoisotopic (exact) mass is 336 g/mol. The van der Waals surface area contributed by atoms with E-state index in [1.165, 1.54) is 6.07 Å². The molecule has 24 heavy (non-hydrogen) atoms. The van der Waals surface area contributed by atoms with Gasteiger partial charge in [0.1, 0.15) is 5.56 Å². The number of esters is 1. The molecule has 0 bridgehead atoms. The first-order chi connectivity index (χ1) is 11.5. The van der Waals surface area contributed by atoms with Gasteiger partial charge in [-0.3, -0.25) is 14.9 Å². The lowest BCUT2D eigenvalue weighted by Crippen LogP contribution is -2.35. The summed E-state index contributed by atoms with van der Waals surface area (Å²) in [5.41, 5.74) is -0.738. The third-order valence-corrected chi connectivity index (χ3v) is 3.96. The van der Waals surface area contributed by atoms with Crippen LogP contribution in [0, 0.1) is 10.1 Å². The minimum atomic E-state index is -0.957. The molecular weight excluding hydrogens is 320 g/mol. The second kappa shape index (κ2) is 6.73. The van der Waals surface area contributed by atoms with Gasteiger partial charge in [-0.15, -0.1) is 0 Å². The molecule has 0 spiro atoms. The van der Waals surface area contributed by atoms with Crippen molar-refractivity contribution in [1.82, 2.24) is 5.32 Å². The Labute approximate surface area is 137 Å². The molecule has 0 radical (unpaired) electrons.